The molecule has 0 aliphatic carbocycles. The van der Waals surface area contributed by atoms with Crippen LogP contribution in [-0.4, -0.2) is 20.1 Å². The van der Waals surface area contributed by atoms with Gasteiger partial charge >= 0.3 is 0 Å². The summed E-state index contributed by atoms with van der Waals surface area (Å²) in [6, 6.07) is 12.9. The molecule has 2 aromatic rings. The van der Waals surface area contributed by atoms with Crippen molar-refractivity contribution in [3.05, 3.63) is 53.6 Å². The molecule has 0 bridgehead atoms. The molecule has 4 heteroatoms. The normalized spacial score (nSPS) is 10.0. The predicted molar refractivity (Wildman–Crippen MR) is 83.3 cm³/mol. The number of carbonyl (C=O) groups is 1. The molecule has 0 heterocycles. The van der Waals surface area contributed by atoms with Gasteiger partial charge in [0.25, 0.3) is 5.91 Å². The summed E-state index contributed by atoms with van der Waals surface area (Å²) in [6.45, 7) is 2.09. The van der Waals surface area contributed by atoms with Crippen LogP contribution in [0.5, 0.6) is 11.5 Å². The van der Waals surface area contributed by atoms with Crippen LogP contribution in [0, 0.1) is 0 Å². The molecule has 0 aromatic heterocycles. The van der Waals surface area contributed by atoms with E-state index in [0.717, 1.165) is 12.1 Å². The Morgan fingerprint density at radius 2 is 1.67 bits per heavy atom. The number of ether oxygens (including phenoxy) is 2. The van der Waals surface area contributed by atoms with Crippen molar-refractivity contribution in [3.63, 3.8) is 0 Å². The van der Waals surface area contributed by atoms with E-state index >= 15 is 0 Å². The van der Waals surface area contributed by atoms with Gasteiger partial charge < -0.3 is 14.8 Å². The summed E-state index contributed by atoms with van der Waals surface area (Å²) in [5.74, 6) is 0.952. The topological polar surface area (TPSA) is 47.6 Å². The Labute approximate surface area is 124 Å². The largest absolute Gasteiger partial charge is 0.493 e. The van der Waals surface area contributed by atoms with E-state index in [1.165, 1.54) is 5.56 Å². The van der Waals surface area contributed by atoms with E-state index < -0.39 is 0 Å². The Balaban J connectivity index is 2.15. The molecule has 1 N–H and O–H groups in total. The highest BCUT2D eigenvalue weighted by Crippen LogP contribution is 2.27. The van der Waals surface area contributed by atoms with Gasteiger partial charge in [0.1, 0.15) is 0 Å². The quantitative estimate of drug-likeness (QED) is 0.914. The number of aryl methyl sites for hydroxylation is 1. The molecule has 0 spiro atoms. The maximum absolute atomic E-state index is 12.2. The maximum Gasteiger partial charge on any atom is 0.255 e. The number of benzene rings is 2. The molecule has 0 fully saturated rings. The Morgan fingerprint density at radius 1 is 1.00 bits per heavy atom. The standard InChI is InChI=1S/C17H19NO3/c1-4-12-5-8-14(9-6-12)18-17(19)13-7-10-15(20-2)16(11-13)21-3/h5-11H,4H2,1-3H3,(H,18,19). The Hall–Kier alpha value is -2.49. The number of carbonyl (C=O) groups excluding carboxylic acids is 1. The van der Waals surface area contributed by atoms with E-state index in [4.69, 9.17) is 9.47 Å². The molecule has 4 nitrogen and oxygen atoms in total. The van der Waals surface area contributed by atoms with Gasteiger partial charge in [0.2, 0.25) is 0 Å². The summed E-state index contributed by atoms with van der Waals surface area (Å²) < 4.78 is 10.4. The van der Waals surface area contributed by atoms with Crippen molar-refractivity contribution < 1.29 is 14.3 Å². The van der Waals surface area contributed by atoms with Gasteiger partial charge in [-0.05, 0) is 42.3 Å². The lowest BCUT2D eigenvalue weighted by molar-refractivity contribution is 0.102. The lowest BCUT2D eigenvalue weighted by Crippen LogP contribution is -2.12. The highest BCUT2D eigenvalue weighted by molar-refractivity contribution is 6.04. The molecule has 0 aliphatic heterocycles. The second-order valence-corrected chi connectivity index (χ2v) is 4.57. The molecule has 0 aliphatic rings. The fourth-order valence-electron chi connectivity index (χ4n) is 2.00. The van der Waals surface area contributed by atoms with Crippen LogP contribution in [0.1, 0.15) is 22.8 Å². The molecular formula is C17H19NO3. The van der Waals surface area contributed by atoms with Gasteiger partial charge in [-0.1, -0.05) is 19.1 Å². The van der Waals surface area contributed by atoms with Crippen molar-refractivity contribution in [3.8, 4) is 11.5 Å². The summed E-state index contributed by atoms with van der Waals surface area (Å²) in [6.07, 6.45) is 0.976. The highest BCUT2D eigenvalue weighted by Gasteiger charge is 2.10. The average molecular weight is 285 g/mol. The van der Waals surface area contributed by atoms with E-state index in [0.29, 0.717) is 17.1 Å². The monoisotopic (exact) mass is 285 g/mol. The third kappa shape index (κ3) is 3.54. The SMILES string of the molecule is CCc1ccc(NC(=O)c2ccc(OC)c(OC)c2)cc1. The van der Waals surface area contributed by atoms with Gasteiger partial charge in [-0.15, -0.1) is 0 Å². The summed E-state index contributed by atoms with van der Waals surface area (Å²) >= 11 is 0. The minimum atomic E-state index is -0.180. The zero-order valence-electron chi connectivity index (χ0n) is 12.5. The first-order valence-corrected chi connectivity index (χ1v) is 6.80. The molecule has 0 saturated carbocycles. The summed E-state index contributed by atoms with van der Waals surface area (Å²) in [5, 5.41) is 2.86. The van der Waals surface area contributed by atoms with Crippen LogP contribution in [0.15, 0.2) is 42.5 Å². The minimum absolute atomic E-state index is 0.180. The molecule has 110 valence electrons. The van der Waals surface area contributed by atoms with Crippen molar-refractivity contribution in [2.45, 2.75) is 13.3 Å². The zero-order valence-corrected chi connectivity index (χ0v) is 12.5. The lowest BCUT2D eigenvalue weighted by Gasteiger charge is -2.10. The Bertz CT molecular complexity index is 620. The summed E-state index contributed by atoms with van der Waals surface area (Å²) in [4.78, 5) is 12.2. The van der Waals surface area contributed by atoms with Crippen molar-refractivity contribution in [2.24, 2.45) is 0 Å². The molecule has 21 heavy (non-hydrogen) atoms. The lowest BCUT2D eigenvalue weighted by atomic mass is 10.1. The zero-order chi connectivity index (χ0) is 15.2. The average Bonchev–Trinajstić information content (AvgIpc) is 2.54. The highest BCUT2D eigenvalue weighted by atomic mass is 16.5. The van der Waals surface area contributed by atoms with E-state index in [1.807, 2.05) is 24.3 Å². The first-order chi connectivity index (χ1) is 10.2. The van der Waals surface area contributed by atoms with E-state index in [1.54, 1.807) is 32.4 Å². The number of methoxy groups -OCH3 is 2. The van der Waals surface area contributed by atoms with Gasteiger partial charge in [0.05, 0.1) is 14.2 Å². The van der Waals surface area contributed by atoms with Crippen LogP contribution in [-0.2, 0) is 6.42 Å². The molecule has 0 atom stereocenters. The van der Waals surface area contributed by atoms with Crippen LogP contribution >= 0.6 is 0 Å². The minimum Gasteiger partial charge on any atom is -0.493 e. The molecular weight excluding hydrogens is 266 g/mol. The molecule has 1 amide bonds. The van der Waals surface area contributed by atoms with E-state index in [-0.39, 0.29) is 5.91 Å². The number of hydrogen-bond acceptors (Lipinski definition) is 3. The van der Waals surface area contributed by atoms with Gasteiger partial charge in [-0.3, -0.25) is 4.79 Å². The van der Waals surface area contributed by atoms with Gasteiger partial charge in [0.15, 0.2) is 11.5 Å². The second-order valence-electron chi connectivity index (χ2n) is 4.57. The van der Waals surface area contributed by atoms with Crippen LogP contribution in [0.3, 0.4) is 0 Å². The number of rotatable bonds is 5. The van der Waals surface area contributed by atoms with Gasteiger partial charge in [-0.2, -0.15) is 0 Å². The van der Waals surface area contributed by atoms with Crippen molar-refractivity contribution in [1.29, 1.82) is 0 Å². The van der Waals surface area contributed by atoms with Crippen LogP contribution < -0.4 is 14.8 Å². The maximum atomic E-state index is 12.2. The third-order valence-corrected chi connectivity index (χ3v) is 3.27. The smallest absolute Gasteiger partial charge is 0.255 e. The number of anilines is 1. The fraction of sp³-hybridized carbons (Fsp3) is 0.235. The van der Waals surface area contributed by atoms with Crippen LogP contribution in [0.25, 0.3) is 0 Å². The first-order valence-electron chi connectivity index (χ1n) is 6.80. The fourth-order valence-corrected chi connectivity index (χ4v) is 2.00. The third-order valence-electron chi connectivity index (χ3n) is 3.27. The molecule has 0 radical (unpaired) electrons. The Morgan fingerprint density at radius 3 is 2.24 bits per heavy atom. The van der Waals surface area contributed by atoms with Crippen molar-refractivity contribution in [1.82, 2.24) is 0 Å². The van der Waals surface area contributed by atoms with Gasteiger partial charge in [0, 0.05) is 11.3 Å². The van der Waals surface area contributed by atoms with Crippen molar-refractivity contribution >= 4 is 11.6 Å². The molecule has 0 saturated heterocycles. The summed E-state index contributed by atoms with van der Waals surface area (Å²) in [7, 11) is 3.11. The van der Waals surface area contributed by atoms with E-state index in [9.17, 15) is 4.79 Å². The number of nitrogens with one attached hydrogen (secondary N) is 1. The van der Waals surface area contributed by atoms with Crippen LogP contribution in [0.2, 0.25) is 0 Å². The summed E-state index contributed by atoms with van der Waals surface area (Å²) in [5.41, 5.74) is 2.53. The molecule has 2 rings (SSSR count). The van der Waals surface area contributed by atoms with Crippen LogP contribution in [0.4, 0.5) is 5.69 Å². The van der Waals surface area contributed by atoms with Crippen molar-refractivity contribution in [2.75, 3.05) is 19.5 Å². The predicted octanol–water partition coefficient (Wildman–Crippen LogP) is 3.52. The second kappa shape index (κ2) is 6.79. The van der Waals surface area contributed by atoms with Gasteiger partial charge in [-0.25, -0.2) is 0 Å². The molecule has 2 aromatic carbocycles. The number of amides is 1. The number of hydrogen-bond donors (Lipinski definition) is 1. The van der Waals surface area contributed by atoms with E-state index in [2.05, 4.69) is 12.2 Å². The Kier molecular flexibility index (Phi) is 4.82. The molecule has 0 unspecified atom stereocenters. The first kappa shape index (κ1) is 14.9.